The molecule has 7 nitrogen and oxygen atoms in total. The van der Waals surface area contributed by atoms with Crippen molar-refractivity contribution in [2.24, 2.45) is 0 Å². The molecule has 0 aromatic heterocycles. The third-order valence-corrected chi connectivity index (χ3v) is 5.30. The highest BCUT2D eigenvalue weighted by Gasteiger charge is 2.34. The zero-order valence-electron chi connectivity index (χ0n) is 12.6. The van der Waals surface area contributed by atoms with E-state index in [0.29, 0.717) is 19.5 Å². The van der Waals surface area contributed by atoms with E-state index in [-0.39, 0.29) is 5.91 Å². The van der Waals surface area contributed by atoms with Gasteiger partial charge >= 0.3 is 0 Å². The smallest absolute Gasteiger partial charge is 0.238 e. The van der Waals surface area contributed by atoms with Crippen molar-refractivity contribution in [2.45, 2.75) is 25.3 Å². The van der Waals surface area contributed by atoms with E-state index in [1.54, 1.807) is 0 Å². The van der Waals surface area contributed by atoms with Gasteiger partial charge in [-0.3, -0.25) is 9.69 Å². The lowest BCUT2D eigenvalue weighted by molar-refractivity contribution is -0.125. The summed E-state index contributed by atoms with van der Waals surface area (Å²) >= 11 is 0. The van der Waals surface area contributed by atoms with Gasteiger partial charge in [0.25, 0.3) is 0 Å². The number of piperidine rings is 1. The summed E-state index contributed by atoms with van der Waals surface area (Å²) in [5.74, 6) is -0.173. The zero-order valence-corrected chi connectivity index (χ0v) is 13.4. The first-order chi connectivity index (χ1) is 9.98. The maximum atomic E-state index is 12.2. The molecule has 8 heteroatoms. The van der Waals surface area contributed by atoms with Crippen molar-refractivity contribution >= 4 is 15.9 Å². The molecule has 2 fully saturated rings. The molecule has 1 atom stereocenters. The number of nitrogens with zero attached hydrogens (tertiary/aromatic N) is 2. The van der Waals surface area contributed by atoms with Crippen molar-refractivity contribution in [1.82, 2.24) is 14.5 Å². The van der Waals surface area contributed by atoms with Gasteiger partial charge in [-0.05, 0) is 12.8 Å². The van der Waals surface area contributed by atoms with Crippen LogP contribution in [-0.2, 0) is 19.6 Å². The topological polar surface area (TPSA) is 79.0 Å². The van der Waals surface area contributed by atoms with Crippen LogP contribution in [0.15, 0.2) is 0 Å². The predicted octanol–water partition coefficient (Wildman–Crippen LogP) is -0.751. The Morgan fingerprint density at radius 1 is 1.24 bits per heavy atom. The maximum absolute atomic E-state index is 12.2. The molecule has 2 rings (SSSR count). The number of amides is 1. The Kier molecular flexibility index (Phi) is 5.98. The predicted molar refractivity (Wildman–Crippen MR) is 79.5 cm³/mol. The van der Waals surface area contributed by atoms with Gasteiger partial charge in [0.1, 0.15) is 6.04 Å². The number of rotatable bonds is 5. The third-order valence-electron chi connectivity index (χ3n) is 4.01. The van der Waals surface area contributed by atoms with Crippen molar-refractivity contribution in [3.63, 3.8) is 0 Å². The summed E-state index contributed by atoms with van der Waals surface area (Å²) in [6, 6.07) is -0.543. The molecule has 0 aromatic carbocycles. The largest absolute Gasteiger partial charge is 0.379 e. The van der Waals surface area contributed by atoms with Crippen LogP contribution in [0.3, 0.4) is 0 Å². The molecule has 2 heterocycles. The summed E-state index contributed by atoms with van der Waals surface area (Å²) in [6.45, 7) is 5.01. The molecule has 1 amide bonds. The van der Waals surface area contributed by atoms with E-state index in [0.717, 1.165) is 45.7 Å². The molecule has 2 aliphatic rings. The highest BCUT2D eigenvalue weighted by atomic mass is 32.2. The number of hydrogen-bond acceptors (Lipinski definition) is 5. The number of hydrogen-bond donors (Lipinski definition) is 1. The second kappa shape index (κ2) is 7.53. The van der Waals surface area contributed by atoms with Crippen molar-refractivity contribution < 1.29 is 17.9 Å². The highest BCUT2D eigenvalue weighted by Crippen LogP contribution is 2.19. The maximum Gasteiger partial charge on any atom is 0.238 e. The molecule has 0 aliphatic carbocycles. The summed E-state index contributed by atoms with van der Waals surface area (Å²) in [5, 5.41) is 2.87. The van der Waals surface area contributed by atoms with Gasteiger partial charge in [-0.2, -0.15) is 4.31 Å². The number of carbonyl (C=O) groups excluding carboxylic acids is 1. The minimum Gasteiger partial charge on any atom is -0.379 e. The van der Waals surface area contributed by atoms with Crippen molar-refractivity contribution in [3.8, 4) is 0 Å². The fraction of sp³-hybridized carbons (Fsp3) is 0.923. The van der Waals surface area contributed by atoms with Gasteiger partial charge in [-0.15, -0.1) is 0 Å². The molecule has 21 heavy (non-hydrogen) atoms. The second-order valence-electron chi connectivity index (χ2n) is 5.63. The number of nitrogens with one attached hydrogen (secondary N) is 1. The molecule has 0 aromatic rings. The summed E-state index contributed by atoms with van der Waals surface area (Å²) in [7, 11) is -3.32. The van der Waals surface area contributed by atoms with Crippen LogP contribution in [0.25, 0.3) is 0 Å². The van der Waals surface area contributed by atoms with Crippen LogP contribution in [0.5, 0.6) is 0 Å². The van der Waals surface area contributed by atoms with Gasteiger partial charge in [-0.1, -0.05) is 6.42 Å². The van der Waals surface area contributed by atoms with Crippen molar-refractivity contribution in [2.75, 3.05) is 52.2 Å². The van der Waals surface area contributed by atoms with Crippen LogP contribution in [0.2, 0.25) is 0 Å². The number of ether oxygens (including phenoxy) is 1. The molecule has 1 N–H and O–H groups in total. The van der Waals surface area contributed by atoms with E-state index >= 15 is 0 Å². The Morgan fingerprint density at radius 2 is 1.95 bits per heavy atom. The average molecular weight is 319 g/mol. The zero-order chi connectivity index (χ0) is 15.3. The fourth-order valence-electron chi connectivity index (χ4n) is 2.84. The summed E-state index contributed by atoms with van der Waals surface area (Å²) in [6.07, 6.45) is 3.50. The Labute approximate surface area is 126 Å². The van der Waals surface area contributed by atoms with Gasteiger partial charge in [0.15, 0.2) is 0 Å². The van der Waals surface area contributed by atoms with Crippen molar-refractivity contribution in [3.05, 3.63) is 0 Å². The normalized spacial score (nSPS) is 25.7. The first-order valence-corrected chi connectivity index (χ1v) is 9.38. The first-order valence-electron chi connectivity index (χ1n) is 7.53. The quantitative estimate of drug-likeness (QED) is 0.721. The summed E-state index contributed by atoms with van der Waals surface area (Å²) < 4.78 is 30.1. The van der Waals surface area contributed by atoms with Gasteiger partial charge in [-0.25, -0.2) is 8.42 Å². The highest BCUT2D eigenvalue weighted by molar-refractivity contribution is 7.88. The molecule has 0 spiro atoms. The van der Waals surface area contributed by atoms with E-state index in [2.05, 4.69) is 10.2 Å². The molecule has 122 valence electrons. The summed E-state index contributed by atoms with van der Waals surface area (Å²) in [4.78, 5) is 14.5. The Bertz CT molecular complexity index is 448. The molecule has 2 aliphatic heterocycles. The lowest BCUT2D eigenvalue weighted by Gasteiger charge is -2.33. The Balaban J connectivity index is 1.80. The van der Waals surface area contributed by atoms with Crippen molar-refractivity contribution in [1.29, 1.82) is 0 Å². The monoisotopic (exact) mass is 319 g/mol. The SMILES string of the molecule is CS(=O)(=O)N1CCCC[C@H]1C(=O)NCCN1CCOCC1. The van der Waals surface area contributed by atoms with E-state index < -0.39 is 16.1 Å². The van der Waals surface area contributed by atoms with E-state index in [9.17, 15) is 13.2 Å². The van der Waals surface area contributed by atoms with E-state index in [1.807, 2.05) is 0 Å². The second-order valence-corrected chi connectivity index (χ2v) is 7.57. The van der Waals surface area contributed by atoms with Gasteiger partial charge in [0.2, 0.25) is 15.9 Å². The number of carbonyl (C=O) groups is 1. The van der Waals surface area contributed by atoms with Gasteiger partial charge in [0, 0.05) is 32.7 Å². The van der Waals surface area contributed by atoms with Crippen LogP contribution in [0.1, 0.15) is 19.3 Å². The Morgan fingerprint density at radius 3 is 2.62 bits per heavy atom. The minimum atomic E-state index is -3.32. The van der Waals surface area contributed by atoms with Gasteiger partial charge < -0.3 is 10.1 Å². The number of sulfonamides is 1. The molecule has 0 bridgehead atoms. The summed E-state index contributed by atoms with van der Waals surface area (Å²) in [5.41, 5.74) is 0. The lowest BCUT2D eigenvalue weighted by Crippen LogP contribution is -2.52. The Hall–Kier alpha value is -0.700. The fourth-order valence-corrected chi connectivity index (χ4v) is 3.97. The van der Waals surface area contributed by atoms with E-state index in [4.69, 9.17) is 4.74 Å². The average Bonchev–Trinajstić information content (AvgIpc) is 2.47. The lowest BCUT2D eigenvalue weighted by atomic mass is 10.0. The van der Waals surface area contributed by atoms with Crippen LogP contribution in [0.4, 0.5) is 0 Å². The van der Waals surface area contributed by atoms with Crippen LogP contribution in [-0.4, -0.2) is 81.8 Å². The molecule has 0 radical (unpaired) electrons. The molecular formula is C13H25N3O4S. The number of morpholine rings is 1. The van der Waals surface area contributed by atoms with Crippen LogP contribution < -0.4 is 5.32 Å². The van der Waals surface area contributed by atoms with E-state index in [1.165, 1.54) is 10.6 Å². The molecule has 2 saturated heterocycles. The van der Waals surface area contributed by atoms with Crippen LogP contribution in [0, 0.1) is 0 Å². The third kappa shape index (κ3) is 4.91. The van der Waals surface area contributed by atoms with Crippen LogP contribution >= 0.6 is 0 Å². The first kappa shape index (κ1) is 16.7. The standard InChI is InChI=1S/C13H25N3O4S/c1-21(18,19)16-6-3-2-4-12(16)13(17)14-5-7-15-8-10-20-11-9-15/h12H,2-11H2,1H3,(H,14,17)/t12-/m0/s1. The molecular weight excluding hydrogens is 294 g/mol. The molecule has 0 unspecified atom stereocenters. The van der Waals surface area contributed by atoms with Gasteiger partial charge in [0.05, 0.1) is 19.5 Å². The minimum absolute atomic E-state index is 0.173. The molecule has 0 saturated carbocycles.